The summed E-state index contributed by atoms with van der Waals surface area (Å²) in [5.41, 5.74) is 0.134. The fourth-order valence-electron chi connectivity index (χ4n) is 3.23. The summed E-state index contributed by atoms with van der Waals surface area (Å²) in [5.74, 6) is 0.876. The Hall–Kier alpha value is -0.0800. The van der Waals surface area contributed by atoms with Crippen molar-refractivity contribution in [2.45, 2.75) is 58.6 Å². The molecule has 0 spiro atoms. The zero-order valence-corrected chi connectivity index (χ0v) is 10.4. The number of hydrogen-bond donors (Lipinski definition) is 1. The fourth-order valence-corrected chi connectivity index (χ4v) is 3.23. The summed E-state index contributed by atoms with van der Waals surface area (Å²) in [5, 5.41) is 10.3. The van der Waals surface area contributed by atoms with Crippen LogP contribution in [0.1, 0.15) is 46.5 Å². The molecule has 88 valence electrons. The van der Waals surface area contributed by atoms with Crippen LogP contribution in [0.4, 0.5) is 0 Å². The second kappa shape index (κ2) is 4.06. The Morgan fingerprint density at radius 2 is 2.07 bits per heavy atom. The Bertz CT molecular complexity index is 227. The van der Waals surface area contributed by atoms with E-state index in [1.807, 2.05) is 0 Å². The highest BCUT2D eigenvalue weighted by molar-refractivity contribution is 4.98. The molecule has 1 N–H and O–H groups in total. The molecule has 2 fully saturated rings. The van der Waals surface area contributed by atoms with E-state index in [1.54, 1.807) is 0 Å². The molecule has 0 aromatic carbocycles. The van der Waals surface area contributed by atoms with Crippen molar-refractivity contribution in [3.05, 3.63) is 0 Å². The van der Waals surface area contributed by atoms with Gasteiger partial charge in [-0.25, -0.2) is 0 Å². The van der Waals surface area contributed by atoms with Gasteiger partial charge >= 0.3 is 0 Å². The Kier molecular flexibility index (Phi) is 3.09. The van der Waals surface area contributed by atoms with Crippen LogP contribution in [0.15, 0.2) is 0 Å². The molecular weight excluding hydrogens is 186 g/mol. The minimum absolute atomic E-state index is 0.117. The van der Waals surface area contributed by atoms with Crippen molar-refractivity contribution in [3.63, 3.8) is 0 Å². The minimum atomic E-state index is -0.117. The lowest BCUT2D eigenvalue weighted by Gasteiger charge is -2.31. The molecule has 2 heteroatoms. The van der Waals surface area contributed by atoms with Gasteiger partial charge in [-0.2, -0.15) is 0 Å². The maximum Gasteiger partial charge on any atom is 0.0746 e. The van der Waals surface area contributed by atoms with Crippen LogP contribution in [0.3, 0.4) is 0 Å². The Balaban J connectivity index is 1.96. The summed E-state index contributed by atoms with van der Waals surface area (Å²) in [6, 6.07) is 0.441. The van der Waals surface area contributed by atoms with Gasteiger partial charge in [-0.05, 0) is 37.1 Å². The van der Waals surface area contributed by atoms with Crippen LogP contribution in [-0.2, 0) is 0 Å². The lowest BCUT2D eigenvalue weighted by atomic mass is 9.88. The second-order valence-corrected chi connectivity index (χ2v) is 6.10. The highest BCUT2D eigenvalue weighted by Gasteiger charge is 2.44. The van der Waals surface area contributed by atoms with Crippen molar-refractivity contribution in [1.82, 2.24) is 4.90 Å². The van der Waals surface area contributed by atoms with Crippen LogP contribution < -0.4 is 0 Å². The number of hydrogen-bond acceptors (Lipinski definition) is 2. The predicted octanol–water partition coefficient (Wildman–Crippen LogP) is 2.27. The first-order valence-corrected chi connectivity index (χ1v) is 6.46. The van der Waals surface area contributed by atoms with Gasteiger partial charge in [0.05, 0.1) is 6.10 Å². The molecule has 1 saturated heterocycles. The Morgan fingerprint density at radius 3 is 2.53 bits per heavy atom. The molecular formula is C13H25NO. The van der Waals surface area contributed by atoms with Crippen molar-refractivity contribution >= 4 is 0 Å². The smallest absolute Gasteiger partial charge is 0.0746 e. The Labute approximate surface area is 93.7 Å². The molecule has 2 rings (SSSR count). The zero-order chi connectivity index (χ0) is 11.1. The number of aliphatic hydroxyl groups excluding tert-OH is 1. The highest BCUT2D eigenvalue weighted by Crippen LogP contribution is 2.41. The van der Waals surface area contributed by atoms with E-state index < -0.39 is 0 Å². The summed E-state index contributed by atoms with van der Waals surface area (Å²) in [6.45, 7) is 9.10. The van der Waals surface area contributed by atoms with Gasteiger partial charge in [-0.15, -0.1) is 0 Å². The lowest BCUT2D eigenvalue weighted by molar-refractivity contribution is 0.0213. The number of likely N-dealkylation sites (tertiary alicyclic amines) is 1. The van der Waals surface area contributed by atoms with E-state index in [-0.39, 0.29) is 11.5 Å². The van der Waals surface area contributed by atoms with Crippen molar-refractivity contribution in [1.29, 1.82) is 0 Å². The molecule has 15 heavy (non-hydrogen) atoms. The van der Waals surface area contributed by atoms with Crippen LogP contribution in [0.25, 0.3) is 0 Å². The van der Waals surface area contributed by atoms with Gasteiger partial charge in [0.15, 0.2) is 0 Å². The first-order chi connectivity index (χ1) is 7.04. The van der Waals surface area contributed by atoms with E-state index in [2.05, 4.69) is 25.7 Å². The van der Waals surface area contributed by atoms with Gasteiger partial charge < -0.3 is 5.11 Å². The molecule has 1 aliphatic carbocycles. The second-order valence-electron chi connectivity index (χ2n) is 6.10. The molecule has 1 aliphatic heterocycles. The summed E-state index contributed by atoms with van der Waals surface area (Å²) >= 11 is 0. The third-order valence-corrected chi connectivity index (χ3v) is 4.61. The standard InChI is InChI=1S/C13H25NO/c1-4-10-6-8-14(9-10)11-5-7-13(2,3)12(11)15/h10-12,15H,4-9H2,1-3H3. The summed E-state index contributed by atoms with van der Waals surface area (Å²) < 4.78 is 0. The third-order valence-electron chi connectivity index (χ3n) is 4.61. The van der Waals surface area contributed by atoms with E-state index in [4.69, 9.17) is 0 Å². The Morgan fingerprint density at radius 1 is 1.33 bits per heavy atom. The van der Waals surface area contributed by atoms with Gasteiger partial charge in [0.1, 0.15) is 0 Å². The average molecular weight is 211 g/mol. The van der Waals surface area contributed by atoms with Crippen molar-refractivity contribution < 1.29 is 5.11 Å². The monoisotopic (exact) mass is 211 g/mol. The van der Waals surface area contributed by atoms with E-state index in [9.17, 15) is 5.11 Å². The number of nitrogens with zero attached hydrogens (tertiary/aromatic N) is 1. The first kappa shape index (κ1) is 11.4. The van der Waals surface area contributed by atoms with Crippen molar-refractivity contribution in [3.8, 4) is 0 Å². The van der Waals surface area contributed by atoms with Crippen LogP contribution in [0.5, 0.6) is 0 Å². The lowest BCUT2D eigenvalue weighted by Crippen LogP contribution is -2.43. The van der Waals surface area contributed by atoms with Gasteiger partial charge in [0.25, 0.3) is 0 Å². The van der Waals surface area contributed by atoms with E-state index in [0.29, 0.717) is 6.04 Å². The largest absolute Gasteiger partial charge is 0.391 e. The van der Waals surface area contributed by atoms with E-state index in [1.165, 1.54) is 38.8 Å². The van der Waals surface area contributed by atoms with Crippen LogP contribution in [0.2, 0.25) is 0 Å². The maximum atomic E-state index is 10.3. The quantitative estimate of drug-likeness (QED) is 0.757. The average Bonchev–Trinajstić information content (AvgIpc) is 2.74. The van der Waals surface area contributed by atoms with E-state index >= 15 is 0 Å². The molecule has 1 heterocycles. The normalized spacial score (nSPS) is 41.2. The van der Waals surface area contributed by atoms with Gasteiger partial charge in [-0.1, -0.05) is 27.2 Å². The topological polar surface area (TPSA) is 23.5 Å². The van der Waals surface area contributed by atoms with Crippen LogP contribution in [0, 0.1) is 11.3 Å². The number of aliphatic hydroxyl groups is 1. The van der Waals surface area contributed by atoms with Crippen molar-refractivity contribution in [2.75, 3.05) is 13.1 Å². The minimum Gasteiger partial charge on any atom is -0.391 e. The van der Waals surface area contributed by atoms with Crippen LogP contribution >= 0.6 is 0 Å². The zero-order valence-electron chi connectivity index (χ0n) is 10.4. The highest BCUT2D eigenvalue weighted by atomic mass is 16.3. The maximum absolute atomic E-state index is 10.3. The van der Waals surface area contributed by atoms with E-state index in [0.717, 1.165) is 5.92 Å². The molecule has 0 radical (unpaired) electrons. The summed E-state index contributed by atoms with van der Waals surface area (Å²) in [6.07, 6.45) is 4.87. The molecule has 2 nitrogen and oxygen atoms in total. The molecule has 2 aliphatic rings. The van der Waals surface area contributed by atoms with Gasteiger partial charge in [0, 0.05) is 12.6 Å². The van der Waals surface area contributed by atoms with Crippen LogP contribution in [-0.4, -0.2) is 35.2 Å². The van der Waals surface area contributed by atoms with Gasteiger partial charge in [-0.3, -0.25) is 4.90 Å². The van der Waals surface area contributed by atoms with Crippen molar-refractivity contribution in [2.24, 2.45) is 11.3 Å². The first-order valence-electron chi connectivity index (χ1n) is 6.46. The molecule has 0 aromatic heterocycles. The summed E-state index contributed by atoms with van der Waals surface area (Å²) in [4.78, 5) is 2.54. The fraction of sp³-hybridized carbons (Fsp3) is 1.00. The van der Waals surface area contributed by atoms with Gasteiger partial charge in [0.2, 0.25) is 0 Å². The molecule has 0 bridgehead atoms. The number of rotatable bonds is 2. The SMILES string of the molecule is CCC1CCN(C2CCC(C)(C)C2O)C1. The third kappa shape index (κ3) is 2.07. The molecule has 0 amide bonds. The molecule has 0 aromatic rings. The molecule has 1 saturated carbocycles. The predicted molar refractivity (Wildman–Crippen MR) is 62.8 cm³/mol. The molecule has 3 unspecified atom stereocenters. The summed E-state index contributed by atoms with van der Waals surface area (Å²) in [7, 11) is 0. The molecule has 3 atom stereocenters.